The highest BCUT2D eigenvalue weighted by Gasteiger charge is 2.39. The molecule has 3 N–H and O–H groups in total. The third-order valence-corrected chi connectivity index (χ3v) is 6.86. The highest BCUT2D eigenvalue weighted by Crippen LogP contribution is 2.43. The Morgan fingerprint density at radius 3 is 2.60 bits per heavy atom. The molecule has 1 aliphatic carbocycles. The molecule has 2 aromatic heterocycles. The van der Waals surface area contributed by atoms with Gasteiger partial charge >= 0.3 is 5.97 Å². The number of thiazole rings is 1. The summed E-state index contributed by atoms with van der Waals surface area (Å²) in [6.45, 7) is 4.07. The first-order valence-corrected chi connectivity index (χ1v) is 10.9. The van der Waals surface area contributed by atoms with Gasteiger partial charge in [0.1, 0.15) is 16.4 Å². The maximum Gasteiger partial charge on any atom is 0.306 e. The third-order valence-electron chi connectivity index (χ3n) is 5.62. The van der Waals surface area contributed by atoms with Crippen molar-refractivity contribution in [2.45, 2.75) is 45.1 Å². The average molecular weight is 424 g/mol. The van der Waals surface area contributed by atoms with Crippen LogP contribution < -0.4 is 5.32 Å². The standard InChI is InChI=1S/C23H25N3O3S/c1-14-5-8-24-20(11-14)26-18-10-15(2)9-17(12-18)19-13-25-22(30-19)23(29)6-3-16(4-7-23)21(27)28/h5,8-13,16,29H,3-4,6-7H2,1-2H3,(H,24,26)(H,27,28). The summed E-state index contributed by atoms with van der Waals surface area (Å²) in [5, 5.41) is 24.3. The minimum absolute atomic E-state index is 0.370. The van der Waals surface area contributed by atoms with Crippen LogP contribution in [0, 0.1) is 19.8 Å². The normalized spacial score (nSPS) is 21.4. The van der Waals surface area contributed by atoms with Crippen molar-refractivity contribution in [3.63, 3.8) is 0 Å². The molecular formula is C23H25N3O3S. The Hall–Kier alpha value is -2.77. The molecule has 0 radical (unpaired) electrons. The van der Waals surface area contributed by atoms with Gasteiger partial charge in [-0.25, -0.2) is 9.97 Å². The maximum atomic E-state index is 11.2. The largest absolute Gasteiger partial charge is 0.481 e. The van der Waals surface area contributed by atoms with Crippen LogP contribution in [-0.4, -0.2) is 26.2 Å². The molecule has 0 unspecified atom stereocenters. The molecule has 0 bridgehead atoms. The quantitative estimate of drug-likeness (QED) is 0.533. The number of carboxylic acids is 1. The van der Waals surface area contributed by atoms with E-state index in [0.717, 1.165) is 33.1 Å². The lowest BCUT2D eigenvalue weighted by Gasteiger charge is -2.32. The SMILES string of the molecule is Cc1cc(Nc2cc(C)ccn2)cc(-c2cnc(C3(O)CCC(C(=O)O)CC3)s2)c1. The van der Waals surface area contributed by atoms with Crippen molar-refractivity contribution < 1.29 is 15.0 Å². The number of carboxylic acid groups (broad SMARTS) is 1. The average Bonchev–Trinajstić information content (AvgIpc) is 3.19. The number of nitrogens with zero attached hydrogens (tertiary/aromatic N) is 2. The molecule has 156 valence electrons. The highest BCUT2D eigenvalue weighted by molar-refractivity contribution is 7.15. The van der Waals surface area contributed by atoms with E-state index in [-0.39, 0.29) is 5.92 Å². The van der Waals surface area contributed by atoms with Gasteiger partial charge in [-0.3, -0.25) is 4.79 Å². The van der Waals surface area contributed by atoms with E-state index in [9.17, 15) is 15.0 Å². The van der Waals surface area contributed by atoms with Crippen molar-refractivity contribution in [1.29, 1.82) is 0 Å². The molecule has 0 saturated heterocycles. The number of nitrogens with one attached hydrogen (secondary N) is 1. The minimum Gasteiger partial charge on any atom is -0.481 e. The fraction of sp³-hybridized carbons (Fsp3) is 0.348. The summed E-state index contributed by atoms with van der Waals surface area (Å²) in [6, 6.07) is 10.2. The van der Waals surface area contributed by atoms with Crippen LogP contribution in [0.3, 0.4) is 0 Å². The van der Waals surface area contributed by atoms with Crippen molar-refractivity contribution in [3.8, 4) is 10.4 Å². The Morgan fingerprint density at radius 2 is 1.90 bits per heavy atom. The summed E-state index contributed by atoms with van der Waals surface area (Å²) < 4.78 is 0. The van der Waals surface area contributed by atoms with Gasteiger partial charge in [-0.2, -0.15) is 0 Å². The van der Waals surface area contributed by atoms with E-state index in [4.69, 9.17) is 0 Å². The zero-order valence-corrected chi connectivity index (χ0v) is 17.9. The van der Waals surface area contributed by atoms with Crippen molar-refractivity contribution in [2.75, 3.05) is 5.32 Å². The number of carbonyl (C=O) groups is 1. The van der Waals surface area contributed by atoms with Crippen LogP contribution in [0.4, 0.5) is 11.5 Å². The number of aromatic nitrogens is 2. The van der Waals surface area contributed by atoms with E-state index in [2.05, 4.69) is 33.5 Å². The van der Waals surface area contributed by atoms with Gasteiger partial charge in [-0.15, -0.1) is 11.3 Å². The molecule has 1 saturated carbocycles. The van der Waals surface area contributed by atoms with Crippen LogP contribution in [0.15, 0.2) is 42.7 Å². The van der Waals surface area contributed by atoms with E-state index in [1.54, 1.807) is 12.4 Å². The molecule has 0 atom stereocenters. The predicted octanol–water partition coefficient (Wildman–Crippen LogP) is 5.03. The van der Waals surface area contributed by atoms with Crippen LogP contribution in [0.1, 0.15) is 41.8 Å². The van der Waals surface area contributed by atoms with Crippen molar-refractivity contribution in [1.82, 2.24) is 9.97 Å². The molecule has 7 heteroatoms. The molecule has 0 aliphatic heterocycles. The lowest BCUT2D eigenvalue weighted by atomic mass is 9.79. The molecule has 3 aromatic rings. The Morgan fingerprint density at radius 1 is 1.13 bits per heavy atom. The van der Waals surface area contributed by atoms with Crippen molar-refractivity contribution >= 4 is 28.8 Å². The number of benzene rings is 1. The molecule has 0 spiro atoms. The van der Waals surface area contributed by atoms with E-state index in [1.165, 1.54) is 11.3 Å². The summed E-state index contributed by atoms with van der Waals surface area (Å²) in [6.07, 6.45) is 5.38. The van der Waals surface area contributed by atoms with Gasteiger partial charge in [-0.05, 0) is 80.5 Å². The van der Waals surface area contributed by atoms with Gasteiger partial charge in [0, 0.05) is 18.1 Å². The summed E-state index contributed by atoms with van der Waals surface area (Å²) in [5.41, 5.74) is 3.18. The molecule has 2 heterocycles. The Balaban J connectivity index is 1.56. The highest BCUT2D eigenvalue weighted by atomic mass is 32.1. The second-order valence-electron chi connectivity index (χ2n) is 8.10. The second-order valence-corrected chi connectivity index (χ2v) is 9.14. The molecule has 1 aromatic carbocycles. The van der Waals surface area contributed by atoms with E-state index in [1.807, 2.05) is 26.0 Å². The minimum atomic E-state index is -1.04. The van der Waals surface area contributed by atoms with Crippen LogP contribution in [0.25, 0.3) is 10.4 Å². The van der Waals surface area contributed by atoms with E-state index >= 15 is 0 Å². The van der Waals surface area contributed by atoms with Crippen LogP contribution in [-0.2, 0) is 10.4 Å². The summed E-state index contributed by atoms with van der Waals surface area (Å²) >= 11 is 1.48. The number of pyridine rings is 1. The zero-order valence-electron chi connectivity index (χ0n) is 17.1. The Labute approximate surface area is 179 Å². The monoisotopic (exact) mass is 423 g/mol. The molecule has 1 fully saturated rings. The Bertz CT molecular complexity index is 1070. The molecule has 4 rings (SSSR count). The molecule has 30 heavy (non-hydrogen) atoms. The smallest absolute Gasteiger partial charge is 0.306 e. The van der Waals surface area contributed by atoms with Crippen LogP contribution in [0.5, 0.6) is 0 Å². The first-order valence-electron chi connectivity index (χ1n) is 10.1. The van der Waals surface area contributed by atoms with Gasteiger partial charge < -0.3 is 15.5 Å². The van der Waals surface area contributed by atoms with Crippen LogP contribution >= 0.6 is 11.3 Å². The molecule has 0 amide bonds. The second kappa shape index (κ2) is 8.16. The topological polar surface area (TPSA) is 95.3 Å². The Kier molecular flexibility index (Phi) is 5.58. The number of hydrogen-bond acceptors (Lipinski definition) is 6. The van der Waals surface area contributed by atoms with E-state index < -0.39 is 11.6 Å². The predicted molar refractivity (Wildman–Crippen MR) is 118 cm³/mol. The molecule has 1 aliphatic rings. The lowest BCUT2D eigenvalue weighted by Crippen LogP contribution is -2.33. The van der Waals surface area contributed by atoms with E-state index in [0.29, 0.717) is 30.7 Å². The summed E-state index contributed by atoms with van der Waals surface area (Å²) in [7, 11) is 0. The fourth-order valence-electron chi connectivity index (χ4n) is 3.93. The summed E-state index contributed by atoms with van der Waals surface area (Å²) in [5.74, 6) is -0.355. The summed E-state index contributed by atoms with van der Waals surface area (Å²) in [4.78, 5) is 21.0. The van der Waals surface area contributed by atoms with Crippen molar-refractivity contribution in [3.05, 3.63) is 58.9 Å². The van der Waals surface area contributed by atoms with Gasteiger partial charge in [0.25, 0.3) is 0 Å². The lowest BCUT2D eigenvalue weighted by molar-refractivity contribution is -0.145. The van der Waals surface area contributed by atoms with Gasteiger partial charge in [0.2, 0.25) is 0 Å². The zero-order chi connectivity index (χ0) is 21.3. The first kappa shape index (κ1) is 20.5. The first-order chi connectivity index (χ1) is 14.3. The van der Waals surface area contributed by atoms with Gasteiger partial charge in [0.15, 0.2) is 0 Å². The van der Waals surface area contributed by atoms with Crippen LogP contribution in [0.2, 0.25) is 0 Å². The maximum absolute atomic E-state index is 11.2. The number of aliphatic hydroxyl groups is 1. The third kappa shape index (κ3) is 4.37. The molecule has 6 nitrogen and oxygen atoms in total. The van der Waals surface area contributed by atoms with Gasteiger partial charge in [0.05, 0.1) is 10.8 Å². The van der Waals surface area contributed by atoms with Crippen molar-refractivity contribution in [2.24, 2.45) is 5.92 Å². The number of rotatable bonds is 5. The number of aliphatic carboxylic acids is 1. The molecular weight excluding hydrogens is 398 g/mol. The van der Waals surface area contributed by atoms with Gasteiger partial charge in [-0.1, -0.05) is 6.07 Å². The number of aryl methyl sites for hydroxylation is 2. The number of hydrogen-bond donors (Lipinski definition) is 3. The fourth-order valence-corrected chi connectivity index (χ4v) is 4.98. The number of anilines is 2.